The van der Waals surface area contributed by atoms with Crippen molar-refractivity contribution in [3.63, 3.8) is 0 Å². The van der Waals surface area contributed by atoms with Crippen LogP contribution in [0.3, 0.4) is 0 Å². The van der Waals surface area contributed by atoms with Gasteiger partial charge in [-0.15, -0.1) is 0 Å². The van der Waals surface area contributed by atoms with E-state index in [0.29, 0.717) is 0 Å². The van der Waals surface area contributed by atoms with Crippen molar-refractivity contribution in [2.75, 3.05) is 13.6 Å². The van der Waals surface area contributed by atoms with Crippen LogP contribution in [0.2, 0.25) is 0 Å². The van der Waals surface area contributed by atoms with Crippen molar-refractivity contribution in [1.29, 1.82) is 0 Å². The number of hydrogen-bond acceptors (Lipinski definition) is 3. The van der Waals surface area contributed by atoms with E-state index in [1.165, 1.54) is 5.56 Å². The Morgan fingerprint density at radius 1 is 1.46 bits per heavy atom. The minimum atomic E-state index is 0.939. The van der Waals surface area contributed by atoms with E-state index in [-0.39, 0.29) is 0 Å². The minimum Gasteiger partial charge on any atom is -0.364 e. The van der Waals surface area contributed by atoms with Crippen LogP contribution in [0.25, 0.3) is 10.9 Å². The number of rotatable bonds is 3. The fourth-order valence-corrected chi connectivity index (χ4v) is 1.33. The molecule has 0 aliphatic carbocycles. The average Bonchev–Trinajstić information content (AvgIpc) is 2.61. The maximum absolute atomic E-state index is 4.86. The molecule has 1 aromatic carbocycles. The highest BCUT2D eigenvalue weighted by Crippen LogP contribution is 2.14. The van der Waals surface area contributed by atoms with E-state index < -0.39 is 0 Å². The molecule has 0 fully saturated rings. The molecule has 68 valence electrons. The average molecular weight is 176 g/mol. The van der Waals surface area contributed by atoms with Gasteiger partial charge < -0.3 is 9.84 Å². The molecule has 0 aliphatic rings. The zero-order valence-corrected chi connectivity index (χ0v) is 7.58. The Balaban J connectivity index is 2.26. The Kier molecular flexibility index (Phi) is 2.27. The van der Waals surface area contributed by atoms with Crippen LogP contribution < -0.4 is 5.32 Å². The van der Waals surface area contributed by atoms with Crippen molar-refractivity contribution >= 4 is 10.9 Å². The largest absolute Gasteiger partial charge is 0.364 e. The molecule has 0 aliphatic heterocycles. The van der Waals surface area contributed by atoms with Gasteiger partial charge in [-0.05, 0) is 37.7 Å². The number of likely N-dealkylation sites (N-methyl/N-ethyl adjacent to an activating group) is 1. The lowest BCUT2D eigenvalue weighted by molar-refractivity contribution is 0.428. The van der Waals surface area contributed by atoms with Crippen LogP contribution in [0.1, 0.15) is 5.56 Å². The predicted octanol–water partition coefficient (Wildman–Crippen LogP) is 1.59. The van der Waals surface area contributed by atoms with Gasteiger partial charge in [0.05, 0.1) is 0 Å². The van der Waals surface area contributed by atoms with E-state index in [1.807, 2.05) is 13.1 Å². The second-order valence-corrected chi connectivity index (χ2v) is 3.06. The molecule has 0 atom stereocenters. The van der Waals surface area contributed by atoms with Crippen molar-refractivity contribution in [1.82, 2.24) is 10.5 Å². The molecule has 3 nitrogen and oxygen atoms in total. The summed E-state index contributed by atoms with van der Waals surface area (Å²) < 4.78 is 4.86. The van der Waals surface area contributed by atoms with Crippen LogP contribution in [-0.2, 0) is 6.42 Å². The number of hydrogen-bond donors (Lipinski definition) is 1. The van der Waals surface area contributed by atoms with Crippen LogP contribution in [0.4, 0.5) is 0 Å². The molecule has 1 aromatic heterocycles. The fourth-order valence-electron chi connectivity index (χ4n) is 1.33. The van der Waals surface area contributed by atoms with Crippen molar-refractivity contribution in [2.45, 2.75) is 6.42 Å². The van der Waals surface area contributed by atoms with E-state index in [4.69, 9.17) is 4.52 Å². The number of nitrogens with zero attached hydrogens (tertiary/aromatic N) is 1. The van der Waals surface area contributed by atoms with E-state index in [0.717, 1.165) is 23.9 Å². The Hall–Kier alpha value is -1.35. The molecule has 0 unspecified atom stereocenters. The molecule has 13 heavy (non-hydrogen) atoms. The number of aromatic nitrogens is 1. The molecule has 0 saturated heterocycles. The SMILES string of the molecule is CNCCc1ccc2conc2c1. The van der Waals surface area contributed by atoms with Gasteiger partial charge in [-0.1, -0.05) is 11.2 Å². The summed E-state index contributed by atoms with van der Waals surface area (Å²) in [5.74, 6) is 0. The van der Waals surface area contributed by atoms with Crippen LogP contribution in [-0.4, -0.2) is 18.7 Å². The van der Waals surface area contributed by atoms with Gasteiger partial charge >= 0.3 is 0 Å². The zero-order chi connectivity index (χ0) is 9.10. The van der Waals surface area contributed by atoms with E-state index in [2.05, 4.69) is 22.6 Å². The van der Waals surface area contributed by atoms with Gasteiger partial charge in [0, 0.05) is 5.39 Å². The van der Waals surface area contributed by atoms with Gasteiger partial charge in [-0.2, -0.15) is 0 Å². The van der Waals surface area contributed by atoms with Crippen molar-refractivity contribution < 1.29 is 4.52 Å². The Morgan fingerprint density at radius 3 is 3.23 bits per heavy atom. The summed E-state index contributed by atoms with van der Waals surface area (Å²) in [4.78, 5) is 0. The summed E-state index contributed by atoms with van der Waals surface area (Å²) in [7, 11) is 1.95. The molecule has 0 saturated carbocycles. The maximum atomic E-state index is 4.86. The maximum Gasteiger partial charge on any atom is 0.131 e. The van der Waals surface area contributed by atoms with Gasteiger partial charge in [0.25, 0.3) is 0 Å². The second kappa shape index (κ2) is 3.58. The standard InChI is InChI=1S/C10H12N2O/c1-11-5-4-8-2-3-9-7-13-12-10(9)6-8/h2-3,6-7,11H,4-5H2,1H3. The molecule has 2 rings (SSSR count). The molecule has 0 bridgehead atoms. The van der Waals surface area contributed by atoms with Crippen LogP contribution in [0.15, 0.2) is 29.0 Å². The Morgan fingerprint density at radius 2 is 2.38 bits per heavy atom. The summed E-state index contributed by atoms with van der Waals surface area (Å²) >= 11 is 0. The first-order chi connectivity index (χ1) is 6.40. The predicted molar refractivity (Wildman–Crippen MR) is 51.6 cm³/mol. The van der Waals surface area contributed by atoms with Gasteiger partial charge in [0.15, 0.2) is 0 Å². The van der Waals surface area contributed by atoms with E-state index in [1.54, 1.807) is 6.26 Å². The van der Waals surface area contributed by atoms with Crippen molar-refractivity contribution in [3.8, 4) is 0 Å². The highest BCUT2D eigenvalue weighted by atomic mass is 16.5. The van der Waals surface area contributed by atoms with Crippen molar-refractivity contribution in [3.05, 3.63) is 30.0 Å². The van der Waals surface area contributed by atoms with Gasteiger partial charge in [0.2, 0.25) is 0 Å². The lowest BCUT2D eigenvalue weighted by Gasteiger charge is -1.99. The monoisotopic (exact) mass is 176 g/mol. The summed E-state index contributed by atoms with van der Waals surface area (Å²) in [5, 5.41) is 8.07. The first-order valence-electron chi connectivity index (χ1n) is 4.38. The summed E-state index contributed by atoms with van der Waals surface area (Å²) in [5.41, 5.74) is 2.23. The molecule has 0 radical (unpaired) electrons. The lowest BCUT2D eigenvalue weighted by Crippen LogP contribution is -2.10. The molecule has 2 aromatic rings. The quantitative estimate of drug-likeness (QED) is 0.771. The first-order valence-corrected chi connectivity index (χ1v) is 4.38. The van der Waals surface area contributed by atoms with Crippen LogP contribution >= 0.6 is 0 Å². The van der Waals surface area contributed by atoms with E-state index in [9.17, 15) is 0 Å². The second-order valence-electron chi connectivity index (χ2n) is 3.06. The minimum absolute atomic E-state index is 0.939. The summed E-state index contributed by atoms with van der Waals surface area (Å²) in [6.07, 6.45) is 2.69. The zero-order valence-electron chi connectivity index (χ0n) is 7.58. The Bertz CT molecular complexity index is 394. The van der Waals surface area contributed by atoms with Gasteiger partial charge in [0.1, 0.15) is 11.8 Å². The molecule has 1 heterocycles. The highest BCUT2D eigenvalue weighted by Gasteiger charge is 1.98. The normalized spacial score (nSPS) is 10.8. The molecule has 0 amide bonds. The fraction of sp³-hybridized carbons (Fsp3) is 0.300. The topological polar surface area (TPSA) is 38.1 Å². The van der Waals surface area contributed by atoms with E-state index >= 15 is 0 Å². The summed E-state index contributed by atoms with van der Waals surface area (Å²) in [6, 6.07) is 6.21. The number of nitrogens with one attached hydrogen (secondary N) is 1. The van der Waals surface area contributed by atoms with Crippen molar-refractivity contribution in [2.24, 2.45) is 0 Å². The lowest BCUT2D eigenvalue weighted by atomic mass is 10.1. The van der Waals surface area contributed by atoms with Crippen LogP contribution in [0.5, 0.6) is 0 Å². The molecule has 0 spiro atoms. The molecular weight excluding hydrogens is 164 g/mol. The number of benzene rings is 1. The summed E-state index contributed by atoms with van der Waals surface area (Å²) in [6.45, 7) is 0.989. The molecule has 3 heteroatoms. The third-order valence-corrected chi connectivity index (χ3v) is 2.09. The molecular formula is C10H12N2O. The van der Waals surface area contributed by atoms with Gasteiger partial charge in [-0.25, -0.2) is 0 Å². The molecule has 1 N–H and O–H groups in total. The third-order valence-electron chi connectivity index (χ3n) is 2.09. The van der Waals surface area contributed by atoms with Crippen LogP contribution in [0, 0.1) is 0 Å². The highest BCUT2D eigenvalue weighted by molar-refractivity contribution is 5.77. The number of fused-ring (bicyclic) bond motifs is 1. The van der Waals surface area contributed by atoms with Gasteiger partial charge in [-0.3, -0.25) is 0 Å². The smallest absolute Gasteiger partial charge is 0.131 e. The first kappa shape index (κ1) is 8.26. The third kappa shape index (κ3) is 1.70. The Labute approximate surface area is 76.7 Å².